The minimum Gasteiger partial charge on any atom is -0.488 e. The lowest BCUT2D eigenvalue weighted by atomic mass is 9.58. The molecule has 3 fully saturated rings. The first-order chi connectivity index (χ1) is 23.9. The summed E-state index contributed by atoms with van der Waals surface area (Å²) in [5.74, 6) is 1.53. The van der Waals surface area contributed by atoms with Gasteiger partial charge in [0.05, 0.1) is 19.8 Å². The predicted octanol–water partition coefficient (Wildman–Crippen LogP) is 6.35. The van der Waals surface area contributed by atoms with E-state index in [0.29, 0.717) is 35.1 Å². The highest BCUT2D eigenvalue weighted by Gasteiger charge is 2.46. The van der Waals surface area contributed by atoms with Crippen LogP contribution in [0.1, 0.15) is 74.3 Å². The van der Waals surface area contributed by atoms with E-state index in [0.717, 1.165) is 40.8 Å². The Bertz CT molecular complexity index is 1490. The van der Waals surface area contributed by atoms with Crippen LogP contribution >= 0.6 is 23.2 Å². The Labute approximate surface area is 306 Å². The van der Waals surface area contributed by atoms with Gasteiger partial charge in [-0.1, -0.05) is 79.9 Å². The van der Waals surface area contributed by atoms with Gasteiger partial charge in [0, 0.05) is 27.9 Å². The average molecular weight is 731 g/mol. The maximum atomic E-state index is 10.4. The molecule has 0 radical (unpaired) electrons. The van der Waals surface area contributed by atoms with Crippen molar-refractivity contribution >= 4 is 23.2 Å². The topological polar surface area (TPSA) is 112 Å². The number of halogens is 2. The molecule has 0 amide bonds. The summed E-state index contributed by atoms with van der Waals surface area (Å²) in [7, 11) is 4.45. The van der Waals surface area contributed by atoms with E-state index in [2.05, 4.69) is 45.0 Å². The van der Waals surface area contributed by atoms with Crippen LogP contribution in [-0.4, -0.2) is 95.8 Å². The van der Waals surface area contributed by atoms with Crippen LogP contribution in [-0.2, 0) is 21.3 Å². The zero-order chi connectivity index (χ0) is 36.0. The number of ether oxygens (including phenoxy) is 3. The number of benzene rings is 3. The molecule has 2 aliphatic heterocycles. The van der Waals surface area contributed by atoms with Crippen molar-refractivity contribution in [1.82, 2.24) is 4.90 Å². The summed E-state index contributed by atoms with van der Waals surface area (Å²) in [5.41, 5.74) is 4.29. The number of likely N-dealkylation sites (N-methyl/N-ethyl adjacent to an activating group) is 1. The highest BCUT2D eigenvalue weighted by atomic mass is 35.5. The number of nitrogens with zero attached hydrogens (tertiary/aromatic N) is 1. The third-order valence-corrected chi connectivity index (χ3v) is 11.0. The number of aliphatic hydroxyl groups is 4. The van der Waals surface area contributed by atoms with Gasteiger partial charge >= 0.3 is 0 Å². The minimum absolute atomic E-state index is 0.0931. The van der Waals surface area contributed by atoms with Gasteiger partial charge in [0.15, 0.2) is 0 Å². The molecule has 2 heterocycles. The molecule has 3 aliphatic rings. The van der Waals surface area contributed by atoms with Gasteiger partial charge < -0.3 is 39.5 Å². The molecule has 8 nitrogen and oxygen atoms in total. The molecule has 1 unspecified atom stereocenters. The lowest BCUT2D eigenvalue weighted by molar-refractivity contribution is -0.231. The zero-order valence-corrected chi connectivity index (χ0v) is 31.1. The van der Waals surface area contributed by atoms with E-state index in [-0.39, 0.29) is 6.10 Å². The van der Waals surface area contributed by atoms with Crippen LogP contribution in [0.2, 0.25) is 10.0 Å². The summed E-state index contributed by atoms with van der Waals surface area (Å²) in [6.45, 7) is 5.52. The Morgan fingerprint density at radius 2 is 1.62 bits per heavy atom. The van der Waals surface area contributed by atoms with Crippen molar-refractivity contribution < 1.29 is 34.6 Å². The standard InChI is InChI=1S/C23H27ClO7.C17H26ClN/c24-18-6-3-14(23-22(28)21(27)20(26)19(11-25)31-23)10-15(18)9-13-1-4-16(5-2-13)30-17-7-8-29-12-17;1-13(2)12-16(19(3)4)17(10-5-11-17)14-6-8-15(18)9-7-14/h1-6,10,17,19-23,25-28H,7-9,11-12H2;6-9,13,16H,5,10-12H2,1-4H3/t17-,19+,20+,21-,22+,23-;/m0./s1. The maximum Gasteiger partial charge on any atom is 0.124 e. The van der Waals surface area contributed by atoms with Crippen LogP contribution in [0.4, 0.5) is 0 Å². The largest absolute Gasteiger partial charge is 0.488 e. The van der Waals surface area contributed by atoms with Gasteiger partial charge in [-0.25, -0.2) is 0 Å². The highest BCUT2D eigenvalue weighted by Crippen LogP contribution is 2.49. The third-order valence-electron chi connectivity index (χ3n) is 10.4. The quantitative estimate of drug-likeness (QED) is 0.181. The second kappa shape index (κ2) is 17.5. The Morgan fingerprint density at radius 3 is 2.18 bits per heavy atom. The van der Waals surface area contributed by atoms with E-state index < -0.39 is 37.1 Å². The van der Waals surface area contributed by atoms with E-state index in [1.807, 2.05) is 42.5 Å². The molecule has 10 heteroatoms. The Kier molecular flexibility index (Phi) is 13.7. The monoisotopic (exact) mass is 729 g/mol. The molecule has 6 rings (SSSR count). The van der Waals surface area contributed by atoms with Crippen molar-refractivity contribution in [3.05, 3.63) is 99.0 Å². The lowest BCUT2D eigenvalue weighted by Gasteiger charge is -2.51. The minimum atomic E-state index is -1.42. The number of hydrogen-bond donors (Lipinski definition) is 4. The summed E-state index contributed by atoms with van der Waals surface area (Å²) in [6.07, 6.45) is 0.774. The van der Waals surface area contributed by atoms with Crippen LogP contribution in [0.25, 0.3) is 0 Å². The van der Waals surface area contributed by atoms with E-state index in [1.165, 1.54) is 31.2 Å². The number of rotatable bonds is 11. The Balaban J connectivity index is 0.000000219. The van der Waals surface area contributed by atoms with Gasteiger partial charge in [-0.15, -0.1) is 0 Å². The van der Waals surface area contributed by atoms with Gasteiger partial charge in [0.1, 0.15) is 42.4 Å². The smallest absolute Gasteiger partial charge is 0.124 e. The van der Waals surface area contributed by atoms with E-state index in [9.17, 15) is 20.4 Å². The normalized spacial score (nSPS) is 26.6. The molecule has 4 N–H and O–H groups in total. The van der Waals surface area contributed by atoms with E-state index >= 15 is 0 Å². The highest BCUT2D eigenvalue weighted by molar-refractivity contribution is 6.31. The van der Waals surface area contributed by atoms with Gasteiger partial charge in [0.25, 0.3) is 0 Å². The molecule has 274 valence electrons. The van der Waals surface area contributed by atoms with E-state index in [1.54, 1.807) is 12.1 Å². The molecular formula is C40H53Cl2NO7. The van der Waals surface area contributed by atoms with E-state index in [4.69, 9.17) is 37.4 Å². The van der Waals surface area contributed by atoms with Gasteiger partial charge in [-0.2, -0.15) is 0 Å². The average Bonchev–Trinajstić information content (AvgIpc) is 3.59. The maximum absolute atomic E-state index is 10.4. The fourth-order valence-corrected chi connectivity index (χ4v) is 7.83. The predicted molar refractivity (Wildman–Crippen MR) is 197 cm³/mol. The van der Waals surface area contributed by atoms with Crippen LogP contribution in [0.3, 0.4) is 0 Å². The van der Waals surface area contributed by atoms with Crippen molar-refractivity contribution in [1.29, 1.82) is 0 Å². The second-order valence-electron chi connectivity index (χ2n) is 14.7. The summed E-state index contributed by atoms with van der Waals surface area (Å²) in [6, 6.07) is 22.2. The van der Waals surface area contributed by atoms with Gasteiger partial charge in [-0.05, 0) is 98.3 Å². The fraction of sp³-hybridized carbons (Fsp3) is 0.550. The molecule has 0 bridgehead atoms. The Hall–Kier alpha value is -2.24. The summed E-state index contributed by atoms with van der Waals surface area (Å²) in [5, 5.41) is 41.3. The molecule has 1 aliphatic carbocycles. The fourth-order valence-electron chi connectivity index (χ4n) is 7.52. The first kappa shape index (κ1) is 39.0. The van der Waals surface area contributed by atoms with Crippen molar-refractivity contribution in [3.8, 4) is 5.75 Å². The molecule has 50 heavy (non-hydrogen) atoms. The molecular weight excluding hydrogens is 677 g/mol. The number of hydrogen-bond acceptors (Lipinski definition) is 8. The number of aliphatic hydroxyl groups excluding tert-OH is 4. The third kappa shape index (κ3) is 9.21. The molecule has 3 aromatic rings. The van der Waals surface area contributed by atoms with Crippen LogP contribution < -0.4 is 4.74 Å². The first-order valence-electron chi connectivity index (χ1n) is 17.8. The summed E-state index contributed by atoms with van der Waals surface area (Å²) < 4.78 is 16.9. The lowest BCUT2D eigenvalue weighted by Crippen LogP contribution is -2.55. The molecule has 2 saturated heterocycles. The first-order valence-corrected chi connectivity index (χ1v) is 18.5. The SMILES string of the molecule is CC(C)CC(N(C)C)C1(c2ccc(Cl)cc2)CCC1.OC[C@H]1O[C@@H](c2ccc(Cl)c(Cc3ccc(O[C@H]4CCOC4)cc3)c2)[C@H](O)[C@@H](O)[C@@H]1O. The van der Waals surface area contributed by atoms with Crippen LogP contribution in [0.5, 0.6) is 5.75 Å². The molecule has 0 aromatic heterocycles. The molecule has 7 atom stereocenters. The summed E-state index contributed by atoms with van der Waals surface area (Å²) in [4.78, 5) is 2.42. The van der Waals surface area contributed by atoms with Gasteiger partial charge in [-0.3, -0.25) is 0 Å². The second-order valence-corrected chi connectivity index (χ2v) is 15.5. The van der Waals surface area contributed by atoms with Crippen LogP contribution in [0, 0.1) is 5.92 Å². The van der Waals surface area contributed by atoms with Crippen molar-refractivity contribution in [2.75, 3.05) is 33.9 Å². The zero-order valence-electron chi connectivity index (χ0n) is 29.6. The van der Waals surface area contributed by atoms with Crippen molar-refractivity contribution in [2.24, 2.45) is 5.92 Å². The van der Waals surface area contributed by atoms with Crippen LogP contribution in [0.15, 0.2) is 66.7 Å². The Morgan fingerprint density at radius 1 is 0.920 bits per heavy atom. The summed E-state index contributed by atoms with van der Waals surface area (Å²) >= 11 is 12.4. The van der Waals surface area contributed by atoms with Crippen molar-refractivity contribution in [3.63, 3.8) is 0 Å². The molecule has 3 aromatic carbocycles. The molecule has 1 saturated carbocycles. The van der Waals surface area contributed by atoms with Gasteiger partial charge in [0.2, 0.25) is 0 Å². The molecule has 0 spiro atoms. The van der Waals surface area contributed by atoms with Crippen molar-refractivity contribution in [2.45, 2.75) is 100 Å².